The number of nitrogens with zero attached hydrogens (tertiary/aromatic N) is 2. The molecule has 8 nitrogen and oxygen atoms in total. The first-order valence-corrected chi connectivity index (χ1v) is 9.38. The van der Waals surface area contributed by atoms with Crippen molar-refractivity contribution in [1.29, 1.82) is 0 Å². The summed E-state index contributed by atoms with van der Waals surface area (Å²) >= 11 is 0. The predicted molar refractivity (Wildman–Crippen MR) is 99.9 cm³/mol. The first-order valence-electron chi connectivity index (χ1n) is 9.38. The van der Waals surface area contributed by atoms with Crippen LogP contribution in [0.3, 0.4) is 0 Å². The van der Waals surface area contributed by atoms with Gasteiger partial charge in [0, 0.05) is 11.1 Å². The van der Waals surface area contributed by atoms with Gasteiger partial charge in [0.2, 0.25) is 5.91 Å². The van der Waals surface area contributed by atoms with Crippen LogP contribution >= 0.6 is 0 Å². The summed E-state index contributed by atoms with van der Waals surface area (Å²) in [6.07, 6.45) is 5.89. The molecule has 1 saturated carbocycles. The van der Waals surface area contributed by atoms with Crippen molar-refractivity contribution in [2.45, 2.75) is 44.6 Å². The van der Waals surface area contributed by atoms with Crippen molar-refractivity contribution in [3.05, 3.63) is 24.4 Å². The fraction of sp³-hybridized carbons (Fsp3) is 0.474. The summed E-state index contributed by atoms with van der Waals surface area (Å²) < 4.78 is 0. The van der Waals surface area contributed by atoms with Gasteiger partial charge in [0.25, 0.3) is 5.91 Å². The highest BCUT2D eigenvalue weighted by atomic mass is 16.2. The van der Waals surface area contributed by atoms with Crippen molar-refractivity contribution in [2.24, 2.45) is 5.92 Å². The minimum atomic E-state index is -0.821. The number of nitrogens with one attached hydrogen (secondary N) is 3. The number of hydrogen-bond acceptors (Lipinski definition) is 4. The van der Waals surface area contributed by atoms with Gasteiger partial charge in [-0.25, -0.2) is 4.79 Å². The molecule has 1 spiro atoms. The molecule has 1 aliphatic carbocycles. The second-order valence-electron chi connectivity index (χ2n) is 7.48. The molecule has 1 aromatic heterocycles. The van der Waals surface area contributed by atoms with Crippen molar-refractivity contribution in [1.82, 2.24) is 20.4 Å². The maximum atomic E-state index is 12.9. The Morgan fingerprint density at radius 1 is 1.33 bits per heavy atom. The molecule has 0 atom stereocenters. The van der Waals surface area contributed by atoms with Crippen LogP contribution < -0.4 is 10.6 Å². The first kappa shape index (κ1) is 17.5. The molecule has 1 aliphatic heterocycles. The summed E-state index contributed by atoms with van der Waals surface area (Å²) in [7, 11) is 0. The maximum Gasteiger partial charge on any atom is 0.325 e. The van der Waals surface area contributed by atoms with E-state index < -0.39 is 17.5 Å². The van der Waals surface area contributed by atoms with Gasteiger partial charge in [-0.3, -0.25) is 19.6 Å². The molecular formula is C19H23N5O3. The highest BCUT2D eigenvalue weighted by Gasteiger charge is 2.52. The number of anilines is 1. The Balaban J connectivity index is 1.42. The summed E-state index contributed by atoms with van der Waals surface area (Å²) in [6.45, 7) is 1.86. The lowest BCUT2D eigenvalue weighted by molar-refractivity contribution is -0.135. The van der Waals surface area contributed by atoms with Gasteiger partial charge in [-0.1, -0.05) is 13.3 Å². The minimum Gasteiger partial charge on any atom is -0.325 e. The van der Waals surface area contributed by atoms with E-state index >= 15 is 0 Å². The number of fused-ring (bicyclic) bond motifs is 1. The van der Waals surface area contributed by atoms with Gasteiger partial charge in [0.1, 0.15) is 12.1 Å². The van der Waals surface area contributed by atoms with E-state index in [1.54, 1.807) is 18.3 Å². The molecular weight excluding hydrogens is 346 g/mol. The zero-order chi connectivity index (χ0) is 19.0. The van der Waals surface area contributed by atoms with Crippen LogP contribution in [0.5, 0.6) is 0 Å². The Labute approximate surface area is 156 Å². The molecule has 4 amide bonds. The minimum absolute atomic E-state index is 0.275. The molecule has 3 N–H and O–H groups in total. The van der Waals surface area contributed by atoms with Crippen LogP contribution in [0.1, 0.15) is 39.0 Å². The zero-order valence-electron chi connectivity index (χ0n) is 15.2. The second-order valence-corrected chi connectivity index (χ2v) is 7.48. The summed E-state index contributed by atoms with van der Waals surface area (Å²) in [4.78, 5) is 38.6. The lowest BCUT2D eigenvalue weighted by Gasteiger charge is -2.34. The number of H-pyrrole nitrogens is 1. The number of imide groups is 1. The molecule has 142 valence electrons. The highest BCUT2D eigenvalue weighted by molar-refractivity contribution is 6.10. The van der Waals surface area contributed by atoms with Gasteiger partial charge < -0.3 is 10.6 Å². The lowest BCUT2D eigenvalue weighted by Crippen LogP contribution is -2.49. The number of hydrogen-bond donors (Lipinski definition) is 3. The topological polar surface area (TPSA) is 107 Å². The predicted octanol–water partition coefficient (Wildman–Crippen LogP) is 2.39. The molecule has 2 heterocycles. The van der Waals surface area contributed by atoms with E-state index in [2.05, 4.69) is 27.8 Å². The van der Waals surface area contributed by atoms with E-state index in [1.165, 1.54) is 0 Å². The number of urea groups is 1. The third-order valence-electron chi connectivity index (χ3n) is 5.81. The largest absolute Gasteiger partial charge is 0.325 e. The van der Waals surface area contributed by atoms with Crippen LogP contribution in [0.4, 0.5) is 10.5 Å². The number of amides is 4. The van der Waals surface area contributed by atoms with E-state index in [4.69, 9.17) is 0 Å². The molecule has 0 bridgehead atoms. The number of carbonyl (C=O) groups excluding carboxylic acids is 3. The Kier molecular flexibility index (Phi) is 4.33. The molecule has 4 rings (SSSR count). The first-order chi connectivity index (χ1) is 13.0. The SMILES string of the molecule is CCC1CCC2(CC1)NC(=O)N(CC(=O)Nc1ccc3[nH]ncc3c1)C2=O. The summed E-state index contributed by atoms with van der Waals surface area (Å²) in [5.41, 5.74) is 0.643. The molecule has 2 aromatic rings. The second kappa shape index (κ2) is 6.68. The fourth-order valence-electron chi connectivity index (χ4n) is 4.10. The van der Waals surface area contributed by atoms with E-state index in [0.29, 0.717) is 24.4 Å². The van der Waals surface area contributed by atoms with E-state index in [1.807, 2.05) is 6.07 Å². The molecule has 1 aromatic carbocycles. The zero-order valence-corrected chi connectivity index (χ0v) is 15.2. The van der Waals surface area contributed by atoms with Crippen LogP contribution in [0, 0.1) is 5.92 Å². The Morgan fingerprint density at radius 2 is 2.11 bits per heavy atom. The van der Waals surface area contributed by atoms with Gasteiger partial charge in [0.15, 0.2) is 0 Å². The average Bonchev–Trinajstić information content (AvgIpc) is 3.21. The van der Waals surface area contributed by atoms with Gasteiger partial charge >= 0.3 is 6.03 Å². The Bertz CT molecular complexity index is 898. The molecule has 2 aliphatic rings. The van der Waals surface area contributed by atoms with Crippen molar-refractivity contribution in [3.8, 4) is 0 Å². The molecule has 8 heteroatoms. The third-order valence-corrected chi connectivity index (χ3v) is 5.81. The van der Waals surface area contributed by atoms with Gasteiger partial charge in [0.05, 0.1) is 11.7 Å². The average molecular weight is 369 g/mol. The van der Waals surface area contributed by atoms with E-state index in [0.717, 1.165) is 35.1 Å². The number of aromatic nitrogens is 2. The lowest BCUT2D eigenvalue weighted by atomic mass is 9.75. The van der Waals surface area contributed by atoms with E-state index in [9.17, 15) is 14.4 Å². The van der Waals surface area contributed by atoms with Crippen molar-refractivity contribution in [2.75, 3.05) is 11.9 Å². The molecule has 2 fully saturated rings. The number of rotatable bonds is 4. The Hall–Kier alpha value is -2.90. The van der Waals surface area contributed by atoms with Gasteiger partial charge in [-0.05, 0) is 49.8 Å². The van der Waals surface area contributed by atoms with Crippen LogP contribution in [0.15, 0.2) is 24.4 Å². The smallest absolute Gasteiger partial charge is 0.325 e. The van der Waals surface area contributed by atoms with Gasteiger partial charge in [-0.2, -0.15) is 5.10 Å². The van der Waals surface area contributed by atoms with Crippen LogP contribution in [0.25, 0.3) is 10.9 Å². The number of carbonyl (C=O) groups is 3. The Morgan fingerprint density at radius 3 is 2.85 bits per heavy atom. The molecule has 27 heavy (non-hydrogen) atoms. The van der Waals surface area contributed by atoms with Crippen molar-refractivity contribution >= 4 is 34.4 Å². The number of aromatic amines is 1. The number of benzene rings is 1. The fourth-order valence-corrected chi connectivity index (χ4v) is 4.10. The van der Waals surface area contributed by atoms with Crippen LogP contribution in [0.2, 0.25) is 0 Å². The van der Waals surface area contributed by atoms with Crippen LogP contribution in [-0.2, 0) is 9.59 Å². The molecule has 1 saturated heterocycles. The summed E-state index contributed by atoms with van der Waals surface area (Å²) in [6, 6.07) is 4.87. The maximum absolute atomic E-state index is 12.9. The third kappa shape index (κ3) is 3.15. The standard InChI is InChI=1S/C19H23N5O3/c1-2-12-5-7-19(8-6-12)17(26)24(18(27)22-19)11-16(25)21-14-3-4-15-13(9-14)10-20-23-15/h3-4,9-10,12H,2,5-8,11H2,1H3,(H,20,23)(H,21,25)(H,22,27). The van der Waals surface area contributed by atoms with Crippen LogP contribution in [-0.4, -0.2) is 45.0 Å². The molecule has 0 unspecified atom stereocenters. The van der Waals surface area contributed by atoms with Crippen molar-refractivity contribution in [3.63, 3.8) is 0 Å². The summed E-state index contributed by atoms with van der Waals surface area (Å²) in [5.74, 6) is -0.0707. The molecule has 0 radical (unpaired) electrons. The normalized spacial score (nSPS) is 25.2. The summed E-state index contributed by atoms with van der Waals surface area (Å²) in [5, 5.41) is 13.2. The van der Waals surface area contributed by atoms with Gasteiger partial charge in [-0.15, -0.1) is 0 Å². The quantitative estimate of drug-likeness (QED) is 0.719. The van der Waals surface area contributed by atoms with Crippen molar-refractivity contribution < 1.29 is 14.4 Å². The highest BCUT2D eigenvalue weighted by Crippen LogP contribution is 2.37. The van der Waals surface area contributed by atoms with E-state index in [-0.39, 0.29) is 12.5 Å². The monoisotopic (exact) mass is 369 g/mol.